The number of carbonyl (C=O) groups is 1. The number of carbonyl (C=O) groups excluding carboxylic acids is 1. The summed E-state index contributed by atoms with van der Waals surface area (Å²) in [5, 5.41) is 2.61. The number of thiocarbonyl (C=S) groups is 1. The summed E-state index contributed by atoms with van der Waals surface area (Å²) < 4.78 is 5.59. The van der Waals surface area contributed by atoms with Crippen molar-refractivity contribution in [2.24, 2.45) is 0 Å². The molecule has 20 heavy (non-hydrogen) atoms. The third-order valence-electron chi connectivity index (χ3n) is 2.68. The maximum Gasteiger partial charge on any atom is 0.251 e. The zero-order chi connectivity index (χ0) is 15.0. The lowest BCUT2D eigenvalue weighted by Gasteiger charge is -2.06. The molecular formula is C16H21NO2S. The molecule has 0 saturated carbocycles. The van der Waals surface area contributed by atoms with Gasteiger partial charge in [0.25, 0.3) is 5.91 Å². The van der Waals surface area contributed by atoms with Crippen molar-refractivity contribution in [1.29, 1.82) is 0 Å². The predicted octanol–water partition coefficient (Wildman–Crippen LogP) is 3.73. The fourth-order valence-electron chi connectivity index (χ4n) is 1.57. The lowest BCUT2D eigenvalue weighted by atomic mass is 10.1. The van der Waals surface area contributed by atoms with Crippen molar-refractivity contribution in [3.05, 3.63) is 35.4 Å². The van der Waals surface area contributed by atoms with Crippen LogP contribution in [-0.2, 0) is 4.79 Å². The van der Waals surface area contributed by atoms with Gasteiger partial charge in [0.1, 0.15) is 5.75 Å². The van der Waals surface area contributed by atoms with Crippen LogP contribution < -0.4 is 10.1 Å². The molecule has 0 spiro atoms. The van der Waals surface area contributed by atoms with Gasteiger partial charge in [0, 0.05) is 5.57 Å². The monoisotopic (exact) mass is 291 g/mol. The first-order valence-corrected chi connectivity index (χ1v) is 7.17. The van der Waals surface area contributed by atoms with Crippen LogP contribution >= 0.6 is 12.2 Å². The molecule has 0 bridgehead atoms. The van der Waals surface area contributed by atoms with E-state index in [1.807, 2.05) is 30.3 Å². The molecule has 0 aliphatic rings. The minimum Gasteiger partial charge on any atom is -0.494 e. The molecule has 1 aromatic carbocycles. The first-order chi connectivity index (χ1) is 9.52. The Bertz CT molecular complexity index is 492. The van der Waals surface area contributed by atoms with Crippen LogP contribution in [0.1, 0.15) is 39.2 Å². The molecule has 0 aromatic heterocycles. The maximum atomic E-state index is 11.7. The average Bonchev–Trinajstić information content (AvgIpc) is 2.40. The van der Waals surface area contributed by atoms with Crippen LogP contribution in [0.25, 0.3) is 6.08 Å². The van der Waals surface area contributed by atoms with Gasteiger partial charge < -0.3 is 10.1 Å². The standard InChI is InChI=1S/C16H21NO2S/c1-4-5-10-19-15-8-6-14(7-9-15)11-12(2)16(18)17-13(3)20/h6-9,11H,4-5,10H2,1-3H3,(H,17,18,20)/b12-11+. The van der Waals surface area contributed by atoms with Gasteiger partial charge in [-0.05, 0) is 44.0 Å². The molecule has 0 fully saturated rings. The molecule has 1 amide bonds. The van der Waals surface area contributed by atoms with E-state index in [-0.39, 0.29) is 5.91 Å². The minimum atomic E-state index is -0.166. The quantitative estimate of drug-likeness (QED) is 0.493. The van der Waals surface area contributed by atoms with Gasteiger partial charge in [-0.1, -0.05) is 37.7 Å². The van der Waals surface area contributed by atoms with Crippen molar-refractivity contribution in [2.75, 3.05) is 6.61 Å². The molecule has 0 unspecified atom stereocenters. The lowest BCUT2D eigenvalue weighted by Crippen LogP contribution is -2.27. The zero-order valence-electron chi connectivity index (χ0n) is 12.2. The van der Waals surface area contributed by atoms with Gasteiger partial charge in [-0.2, -0.15) is 0 Å². The molecule has 3 nitrogen and oxygen atoms in total. The van der Waals surface area contributed by atoms with Gasteiger partial charge >= 0.3 is 0 Å². The van der Waals surface area contributed by atoms with E-state index in [1.165, 1.54) is 0 Å². The first-order valence-electron chi connectivity index (χ1n) is 6.76. The summed E-state index contributed by atoms with van der Waals surface area (Å²) in [5.74, 6) is 0.688. The van der Waals surface area contributed by atoms with Crippen molar-refractivity contribution < 1.29 is 9.53 Å². The van der Waals surface area contributed by atoms with E-state index < -0.39 is 0 Å². The Kier molecular flexibility index (Phi) is 6.94. The summed E-state index contributed by atoms with van der Waals surface area (Å²) in [5.41, 5.74) is 1.58. The SMILES string of the molecule is CCCCOc1ccc(/C=C(\C)C(=O)NC(C)=S)cc1. The largest absolute Gasteiger partial charge is 0.494 e. The zero-order valence-corrected chi connectivity index (χ0v) is 13.0. The number of nitrogens with one attached hydrogen (secondary N) is 1. The van der Waals surface area contributed by atoms with Crippen molar-refractivity contribution in [1.82, 2.24) is 5.32 Å². The topological polar surface area (TPSA) is 38.3 Å². The van der Waals surface area contributed by atoms with Crippen LogP contribution in [0.5, 0.6) is 5.75 Å². The second-order valence-electron chi connectivity index (χ2n) is 4.61. The number of unbranched alkanes of at least 4 members (excludes halogenated alkanes) is 1. The van der Waals surface area contributed by atoms with Gasteiger partial charge in [0.2, 0.25) is 0 Å². The van der Waals surface area contributed by atoms with E-state index in [4.69, 9.17) is 17.0 Å². The van der Waals surface area contributed by atoms with Crippen LogP contribution in [0.2, 0.25) is 0 Å². The molecule has 0 saturated heterocycles. The summed E-state index contributed by atoms with van der Waals surface area (Å²) in [6.07, 6.45) is 4.00. The van der Waals surface area contributed by atoms with E-state index >= 15 is 0 Å². The molecule has 1 aromatic rings. The van der Waals surface area contributed by atoms with Gasteiger partial charge in [-0.25, -0.2) is 0 Å². The fraction of sp³-hybridized carbons (Fsp3) is 0.375. The Labute approximate surface area is 126 Å². The maximum absolute atomic E-state index is 11.7. The molecule has 0 atom stereocenters. The Morgan fingerprint density at radius 3 is 2.50 bits per heavy atom. The van der Waals surface area contributed by atoms with E-state index in [0.29, 0.717) is 10.6 Å². The smallest absolute Gasteiger partial charge is 0.251 e. The molecule has 1 N–H and O–H groups in total. The summed E-state index contributed by atoms with van der Waals surface area (Å²) >= 11 is 4.85. The highest BCUT2D eigenvalue weighted by molar-refractivity contribution is 7.80. The Hall–Kier alpha value is -1.68. The van der Waals surface area contributed by atoms with Gasteiger partial charge in [-0.3, -0.25) is 4.79 Å². The normalized spacial score (nSPS) is 11.1. The van der Waals surface area contributed by atoms with Crippen molar-refractivity contribution in [2.45, 2.75) is 33.6 Å². The van der Waals surface area contributed by atoms with Crippen LogP contribution in [0, 0.1) is 0 Å². The van der Waals surface area contributed by atoms with Crippen LogP contribution in [0.15, 0.2) is 29.8 Å². The lowest BCUT2D eigenvalue weighted by molar-refractivity contribution is -0.116. The Morgan fingerprint density at radius 1 is 1.30 bits per heavy atom. The number of hydrogen-bond acceptors (Lipinski definition) is 3. The molecule has 0 heterocycles. The summed E-state index contributed by atoms with van der Waals surface area (Å²) in [6.45, 7) is 6.32. The average molecular weight is 291 g/mol. The molecule has 0 aliphatic heterocycles. The molecule has 4 heteroatoms. The van der Waals surface area contributed by atoms with E-state index in [9.17, 15) is 4.79 Å². The summed E-state index contributed by atoms with van der Waals surface area (Å²) in [6, 6.07) is 7.69. The highest BCUT2D eigenvalue weighted by atomic mass is 32.1. The van der Waals surface area contributed by atoms with Crippen LogP contribution in [0.3, 0.4) is 0 Å². The highest BCUT2D eigenvalue weighted by Gasteiger charge is 2.04. The van der Waals surface area contributed by atoms with Gasteiger partial charge in [0.05, 0.1) is 11.6 Å². The second kappa shape index (κ2) is 8.48. The number of hydrogen-bond donors (Lipinski definition) is 1. The Balaban J connectivity index is 2.64. The number of ether oxygens (including phenoxy) is 1. The summed E-state index contributed by atoms with van der Waals surface area (Å²) in [4.78, 5) is 12.2. The molecule has 0 radical (unpaired) electrons. The molecule has 108 valence electrons. The Morgan fingerprint density at radius 2 is 1.95 bits per heavy atom. The van der Waals surface area contributed by atoms with Gasteiger partial charge in [-0.15, -0.1) is 0 Å². The fourth-order valence-corrected chi connectivity index (χ4v) is 1.66. The van der Waals surface area contributed by atoms with E-state index in [1.54, 1.807) is 13.8 Å². The molecule has 1 rings (SSSR count). The summed E-state index contributed by atoms with van der Waals surface area (Å²) in [7, 11) is 0. The van der Waals surface area contributed by atoms with Gasteiger partial charge in [0.15, 0.2) is 0 Å². The van der Waals surface area contributed by atoms with E-state index in [0.717, 1.165) is 30.8 Å². The minimum absolute atomic E-state index is 0.166. The van der Waals surface area contributed by atoms with E-state index in [2.05, 4.69) is 12.2 Å². The van der Waals surface area contributed by atoms with Crippen molar-refractivity contribution >= 4 is 29.2 Å². The predicted molar refractivity (Wildman–Crippen MR) is 86.9 cm³/mol. The highest BCUT2D eigenvalue weighted by Crippen LogP contribution is 2.15. The van der Waals surface area contributed by atoms with Crippen LogP contribution in [0.4, 0.5) is 0 Å². The number of benzene rings is 1. The molecular weight excluding hydrogens is 270 g/mol. The third-order valence-corrected chi connectivity index (χ3v) is 2.78. The second-order valence-corrected chi connectivity index (χ2v) is 5.22. The first kappa shape index (κ1) is 16.4. The number of amides is 1. The van der Waals surface area contributed by atoms with Crippen LogP contribution in [-0.4, -0.2) is 17.5 Å². The van der Waals surface area contributed by atoms with Crippen molar-refractivity contribution in [3.8, 4) is 5.75 Å². The molecule has 0 aliphatic carbocycles. The van der Waals surface area contributed by atoms with Crippen molar-refractivity contribution in [3.63, 3.8) is 0 Å². The third kappa shape index (κ3) is 5.97. The number of rotatable bonds is 6.